The van der Waals surface area contributed by atoms with Gasteiger partial charge in [-0.2, -0.15) is 0 Å². The minimum Gasteiger partial charge on any atom is -0.497 e. The van der Waals surface area contributed by atoms with Crippen LogP contribution in [0.3, 0.4) is 0 Å². The highest BCUT2D eigenvalue weighted by Crippen LogP contribution is 2.46. The largest absolute Gasteiger partial charge is 0.497 e. The van der Waals surface area contributed by atoms with E-state index in [0.717, 1.165) is 29.7 Å². The third-order valence-electron chi connectivity index (χ3n) is 13.6. The molecule has 7 rings (SSSR count). The zero-order valence-electron chi connectivity index (χ0n) is 41.6. The maximum atomic E-state index is 9.91. The van der Waals surface area contributed by atoms with Crippen molar-refractivity contribution in [2.24, 2.45) is 11.8 Å². The summed E-state index contributed by atoms with van der Waals surface area (Å²) in [5.74, 6) is 1.41. The first kappa shape index (κ1) is 52.4. The van der Waals surface area contributed by atoms with Crippen molar-refractivity contribution in [2.45, 2.75) is 96.1 Å². The molecule has 0 amide bonds. The second-order valence-electron chi connectivity index (χ2n) is 20.1. The highest BCUT2D eigenvalue weighted by atomic mass is 28.4. The van der Waals surface area contributed by atoms with Gasteiger partial charge in [0, 0.05) is 11.8 Å². The summed E-state index contributed by atoms with van der Waals surface area (Å²) in [5, 5.41) is 12.6. The minimum absolute atomic E-state index is 0.111. The summed E-state index contributed by atoms with van der Waals surface area (Å²) in [4.78, 5) is 0. The predicted molar refractivity (Wildman–Crippen MR) is 286 cm³/mol. The molecule has 0 saturated heterocycles. The van der Waals surface area contributed by atoms with E-state index < -0.39 is 33.3 Å². The Balaban J connectivity index is 0.000000229. The molecule has 0 saturated carbocycles. The van der Waals surface area contributed by atoms with Crippen LogP contribution in [-0.2, 0) is 42.3 Å². The molecule has 358 valence electrons. The van der Waals surface area contributed by atoms with Gasteiger partial charge in [-0.1, -0.05) is 146 Å². The van der Waals surface area contributed by atoms with Crippen LogP contribution in [0.25, 0.3) is 0 Å². The van der Waals surface area contributed by atoms with Crippen LogP contribution in [0.15, 0.2) is 169 Å². The molecule has 0 fully saturated rings. The smallest absolute Gasteiger partial charge is 0.205 e. The van der Waals surface area contributed by atoms with Crippen LogP contribution < -0.4 is 15.1 Å². The Morgan fingerprint density at radius 2 is 0.821 bits per heavy atom. The molecule has 2 aliphatic rings. The summed E-state index contributed by atoms with van der Waals surface area (Å²) in [6.07, 6.45) is 6.62. The van der Waals surface area contributed by atoms with Crippen molar-refractivity contribution in [3.63, 3.8) is 0 Å². The molecule has 67 heavy (non-hydrogen) atoms. The van der Waals surface area contributed by atoms with Gasteiger partial charge in [0.15, 0.2) is 16.6 Å². The lowest BCUT2D eigenvalue weighted by Gasteiger charge is -2.41. The van der Waals surface area contributed by atoms with Crippen molar-refractivity contribution in [2.75, 3.05) is 33.5 Å². The van der Waals surface area contributed by atoms with Crippen LogP contribution in [0.5, 0.6) is 5.75 Å². The van der Waals surface area contributed by atoms with E-state index in [-0.39, 0.29) is 12.5 Å². The summed E-state index contributed by atoms with van der Waals surface area (Å²) >= 11 is 0. The Hall–Kier alpha value is -3.99. The first-order valence-electron chi connectivity index (χ1n) is 24.1. The molecular formula is C56H76O7Si4. The molecule has 0 aliphatic heterocycles. The third kappa shape index (κ3) is 15.0. The van der Waals surface area contributed by atoms with E-state index >= 15 is 0 Å². The molecule has 0 bridgehead atoms. The average molecular weight is 974 g/mol. The van der Waals surface area contributed by atoms with Gasteiger partial charge in [-0.15, -0.1) is 0 Å². The fourth-order valence-electron chi connectivity index (χ4n) is 10.1. The lowest BCUT2D eigenvalue weighted by Crippen LogP contribution is -2.55. The molecule has 2 aliphatic carbocycles. The molecular weight excluding hydrogens is 897 g/mol. The molecule has 0 aromatic heterocycles. The second-order valence-corrected chi connectivity index (χ2v) is 36.8. The Kier molecular flexibility index (Phi) is 19.2. The Bertz CT molecular complexity index is 2290. The van der Waals surface area contributed by atoms with E-state index in [2.05, 4.69) is 174 Å². The van der Waals surface area contributed by atoms with Crippen LogP contribution in [-0.4, -0.2) is 71.9 Å². The number of aliphatic hydroxyl groups is 1. The van der Waals surface area contributed by atoms with Gasteiger partial charge >= 0.3 is 0 Å². The maximum absolute atomic E-state index is 9.91. The molecule has 0 radical (unpaired) electrons. The summed E-state index contributed by atoms with van der Waals surface area (Å²) in [6, 6.07) is 50.2. The highest BCUT2D eigenvalue weighted by Gasteiger charge is 2.47. The van der Waals surface area contributed by atoms with Gasteiger partial charge in [-0.25, -0.2) is 0 Å². The number of hydrogen-bond donors (Lipinski definition) is 1. The van der Waals surface area contributed by atoms with Crippen molar-refractivity contribution in [3.05, 3.63) is 186 Å². The topological polar surface area (TPSA) is 75.6 Å². The van der Waals surface area contributed by atoms with E-state index in [0.29, 0.717) is 56.6 Å². The zero-order valence-corrected chi connectivity index (χ0v) is 45.6. The van der Waals surface area contributed by atoms with Crippen molar-refractivity contribution in [1.29, 1.82) is 0 Å². The normalized spacial score (nSPS) is 18.8. The van der Waals surface area contributed by atoms with Gasteiger partial charge < -0.3 is 32.3 Å². The van der Waals surface area contributed by atoms with E-state index in [9.17, 15) is 5.11 Å². The fourth-order valence-corrected chi connectivity index (χ4v) is 28.7. The van der Waals surface area contributed by atoms with Gasteiger partial charge in [0.25, 0.3) is 0 Å². The number of benzene rings is 5. The van der Waals surface area contributed by atoms with E-state index in [1.54, 1.807) is 7.11 Å². The van der Waals surface area contributed by atoms with E-state index in [4.69, 9.17) is 27.2 Å². The SMILES string of the molecule is COc1ccc(COCC2=CC[C@H]([Si](C)(C)O[Si](C)(C)c3ccccc3)[C@H]2COCc2ccccc2)cc1.C[Si](C)(O[Si](C)(C)[C@H]1CC=C(CO)[C@@H]1COCc1ccccc1)c1ccccc1. The van der Waals surface area contributed by atoms with Gasteiger partial charge in [-0.3, -0.25) is 0 Å². The van der Waals surface area contributed by atoms with E-state index in [1.165, 1.54) is 27.1 Å². The van der Waals surface area contributed by atoms with Gasteiger partial charge in [0.05, 0.1) is 53.4 Å². The number of allylic oxidation sites excluding steroid dienone is 2. The second kappa shape index (κ2) is 24.5. The predicted octanol–water partition coefficient (Wildman–Crippen LogP) is 11.9. The molecule has 0 unspecified atom stereocenters. The molecule has 7 nitrogen and oxygen atoms in total. The molecule has 5 aromatic rings. The van der Waals surface area contributed by atoms with Gasteiger partial charge in [-0.05, 0) is 127 Å². The first-order valence-corrected chi connectivity index (χ1v) is 35.8. The van der Waals surface area contributed by atoms with Gasteiger partial charge in [0.1, 0.15) is 5.75 Å². The number of ether oxygens (including phenoxy) is 4. The number of methoxy groups -OCH3 is 1. The zero-order chi connectivity index (χ0) is 47.9. The number of aliphatic hydroxyl groups excluding tert-OH is 1. The monoisotopic (exact) mass is 972 g/mol. The third-order valence-corrected chi connectivity index (χ3v) is 30.2. The van der Waals surface area contributed by atoms with Crippen LogP contribution >= 0.6 is 0 Å². The Labute approximate surface area is 406 Å². The summed E-state index contributed by atoms with van der Waals surface area (Å²) < 4.78 is 38.1. The van der Waals surface area contributed by atoms with Crippen LogP contribution in [0.2, 0.25) is 63.5 Å². The average Bonchev–Trinajstić information content (AvgIpc) is 3.95. The van der Waals surface area contributed by atoms with Gasteiger partial charge in [0.2, 0.25) is 16.6 Å². The van der Waals surface area contributed by atoms with Crippen molar-refractivity contribution >= 4 is 43.6 Å². The van der Waals surface area contributed by atoms with Crippen molar-refractivity contribution < 1.29 is 32.3 Å². The van der Waals surface area contributed by atoms with Crippen LogP contribution in [0.4, 0.5) is 0 Å². The minimum atomic E-state index is -2.08. The highest BCUT2D eigenvalue weighted by molar-refractivity contribution is 6.93. The van der Waals surface area contributed by atoms with Crippen LogP contribution in [0, 0.1) is 11.8 Å². The summed E-state index contributed by atoms with van der Waals surface area (Å²) in [6.45, 7) is 22.6. The Morgan fingerprint density at radius 3 is 1.24 bits per heavy atom. The standard InChI is InChI=1S/C32H42O4Si2.C24H34O3Si2/c1-33-29-19-16-27(17-20-29)23-34-24-28-18-21-32(31(28)25-35-22-26-12-8-6-9-13-26)38(4,5)36-37(2,3)30-14-10-7-11-15-30;1-28(2,22-13-9-6-10-14-22)27-29(3,4)24-16-15-21(17-25)23(24)19-26-18-20-11-7-5-8-12-20/h6-20,31-32H,21-25H2,1-5H3;5-15,23-25H,16-19H2,1-4H3/t31-,32-;23-,24-/m00/s1. The van der Waals surface area contributed by atoms with Crippen molar-refractivity contribution in [3.8, 4) is 5.75 Å². The maximum Gasteiger partial charge on any atom is 0.205 e. The fraction of sp³-hybridized carbons (Fsp3) is 0.393. The molecule has 1 N–H and O–H groups in total. The quantitative estimate of drug-likeness (QED) is 0.0547. The lowest BCUT2D eigenvalue weighted by atomic mass is 10.0. The molecule has 0 heterocycles. The Morgan fingerprint density at radius 1 is 0.448 bits per heavy atom. The lowest BCUT2D eigenvalue weighted by molar-refractivity contribution is 0.0835. The van der Waals surface area contributed by atoms with Crippen molar-refractivity contribution in [1.82, 2.24) is 0 Å². The molecule has 5 aromatic carbocycles. The molecule has 11 heteroatoms. The summed E-state index contributed by atoms with van der Waals surface area (Å²) in [5.41, 5.74) is 6.87. The summed E-state index contributed by atoms with van der Waals surface area (Å²) in [7, 11) is -6.44. The number of rotatable bonds is 22. The molecule has 4 atom stereocenters. The van der Waals surface area contributed by atoms with E-state index in [1.807, 2.05) is 36.4 Å². The van der Waals surface area contributed by atoms with Crippen LogP contribution in [0.1, 0.15) is 29.5 Å². The first-order chi connectivity index (χ1) is 32.1. The number of hydrogen-bond acceptors (Lipinski definition) is 7. The molecule has 0 spiro atoms.